The number of anilines is 1. The predicted octanol–water partition coefficient (Wildman–Crippen LogP) is 4.04. The van der Waals surface area contributed by atoms with Crippen molar-refractivity contribution in [3.8, 4) is 11.8 Å². The van der Waals surface area contributed by atoms with Gasteiger partial charge in [0, 0.05) is 13.6 Å². The minimum Gasteiger partial charge on any atom is -0.406 e. The van der Waals surface area contributed by atoms with Crippen LogP contribution in [-0.2, 0) is 6.54 Å². The molecule has 0 spiro atoms. The van der Waals surface area contributed by atoms with Crippen molar-refractivity contribution in [2.75, 3.05) is 11.9 Å². The van der Waals surface area contributed by atoms with Gasteiger partial charge in [0.15, 0.2) is 0 Å². The highest BCUT2D eigenvalue weighted by Crippen LogP contribution is 2.23. The Morgan fingerprint density at radius 2 is 1.85 bits per heavy atom. The number of rotatable bonds is 4. The molecule has 0 aliphatic carbocycles. The monoisotopic (exact) mass is 358 g/mol. The number of benzene rings is 2. The summed E-state index contributed by atoms with van der Waals surface area (Å²) in [5, 5.41) is 8.97. The Morgan fingerprint density at radius 3 is 2.50 bits per heavy atom. The minimum absolute atomic E-state index is 0.265. The second-order valence-electron chi connectivity index (χ2n) is 5.59. The molecule has 0 fully saturated rings. The molecule has 2 aromatic carbocycles. The fourth-order valence-electron chi connectivity index (χ4n) is 2.41. The number of hydrogen-bond donors (Lipinski definition) is 0. The van der Waals surface area contributed by atoms with Crippen molar-refractivity contribution >= 4 is 16.9 Å². The van der Waals surface area contributed by atoms with Gasteiger partial charge in [0.2, 0.25) is 0 Å². The van der Waals surface area contributed by atoms with E-state index in [1.165, 1.54) is 12.1 Å². The summed E-state index contributed by atoms with van der Waals surface area (Å²) in [5.41, 5.74) is 2.55. The van der Waals surface area contributed by atoms with E-state index >= 15 is 0 Å². The standard InChI is InChI=1S/C18H13F3N4O/c1-25(11-12-2-5-14(6-3-12)26-18(19,20)21)17-10-23-15-7-4-13(9-22)8-16(15)24-17/h2-8,10H,11H2,1H3. The van der Waals surface area contributed by atoms with E-state index in [0.717, 1.165) is 5.56 Å². The second-order valence-corrected chi connectivity index (χ2v) is 5.59. The van der Waals surface area contributed by atoms with Crippen molar-refractivity contribution in [1.82, 2.24) is 9.97 Å². The largest absolute Gasteiger partial charge is 0.573 e. The third-order valence-corrected chi connectivity index (χ3v) is 3.63. The van der Waals surface area contributed by atoms with E-state index in [4.69, 9.17) is 5.26 Å². The zero-order valence-corrected chi connectivity index (χ0v) is 13.7. The molecule has 0 aliphatic rings. The summed E-state index contributed by atoms with van der Waals surface area (Å²) in [6, 6.07) is 12.8. The Morgan fingerprint density at radius 1 is 1.12 bits per heavy atom. The Hall–Kier alpha value is -3.34. The maximum Gasteiger partial charge on any atom is 0.573 e. The van der Waals surface area contributed by atoms with Crippen molar-refractivity contribution in [3.63, 3.8) is 0 Å². The number of hydrogen-bond acceptors (Lipinski definition) is 5. The summed E-state index contributed by atoms with van der Waals surface area (Å²) in [7, 11) is 1.80. The van der Waals surface area contributed by atoms with E-state index in [0.29, 0.717) is 29.0 Å². The van der Waals surface area contributed by atoms with Gasteiger partial charge in [-0.25, -0.2) is 4.98 Å². The number of aromatic nitrogens is 2. The first kappa shape index (κ1) is 17.5. The van der Waals surface area contributed by atoms with E-state index in [9.17, 15) is 13.2 Å². The van der Waals surface area contributed by atoms with Gasteiger partial charge >= 0.3 is 6.36 Å². The second kappa shape index (κ2) is 6.88. The van der Waals surface area contributed by atoms with Gasteiger partial charge in [-0.3, -0.25) is 4.98 Å². The summed E-state index contributed by atoms with van der Waals surface area (Å²) < 4.78 is 40.4. The number of ether oxygens (including phenoxy) is 1. The molecule has 0 saturated carbocycles. The molecule has 0 atom stereocenters. The maximum atomic E-state index is 12.2. The summed E-state index contributed by atoms with van der Waals surface area (Å²) in [6.07, 6.45) is -3.10. The Balaban J connectivity index is 1.76. The lowest BCUT2D eigenvalue weighted by atomic mass is 10.2. The molecule has 8 heteroatoms. The summed E-state index contributed by atoms with van der Waals surface area (Å²) in [6.45, 7) is 0.421. The van der Waals surface area contributed by atoms with E-state index in [1.807, 2.05) is 4.90 Å². The quantitative estimate of drug-likeness (QED) is 0.704. The van der Waals surface area contributed by atoms with Gasteiger partial charge in [-0.05, 0) is 35.9 Å². The van der Waals surface area contributed by atoms with Crippen LogP contribution in [0.25, 0.3) is 11.0 Å². The zero-order chi connectivity index (χ0) is 18.7. The van der Waals surface area contributed by atoms with Crippen LogP contribution in [0.4, 0.5) is 19.0 Å². The summed E-state index contributed by atoms with van der Waals surface area (Å²) in [5.74, 6) is 0.321. The van der Waals surface area contributed by atoms with Gasteiger partial charge in [0.1, 0.15) is 11.6 Å². The Kier molecular flexibility index (Phi) is 4.63. The van der Waals surface area contributed by atoms with E-state index in [-0.39, 0.29) is 5.75 Å². The predicted molar refractivity (Wildman–Crippen MR) is 89.5 cm³/mol. The molecule has 1 aromatic heterocycles. The molecule has 0 unspecified atom stereocenters. The molecule has 5 nitrogen and oxygen atoms in total. The van der Waals surface area contributed by atoms with Crippen molar-refractivity contribution in [2.24, 2.45) is 0 Å². The molecule has 0 radical (unpaired) electrons. The van der Waals surface area contributed by atoms with Crippen LogP contribution in [-0.4, -0.2) is 23.4 Å². The third kappa shape index (κ3) is 4.19. The van der Waals surface area contributed by atoms with Gasteiger partial charge < -0.3 is 9.64 Å². The summed E-state index contributed by atoms with van der Waals surface area (Å²) in [4.78, 5) is 10.6. The fraction of sp³-hybridized carbons (Fsp3) is 0.167. The van der Waals surface area contributed by atoms with Gasteiger partial charge in [0.25, 0.3) is 0 Å². The van der Waals surface area contributed by atoms with Gasteiger partial charge in [-0.15, -0.1) is 13.2 Å². The highest BCUT2D eigenvalue weighted by Gasteiger charge is 2.30. The van der Waals surface area contributed by atoms with E-state index < -0.39 is 6.36 Å². The van der Waals surface area contributed by atoms with Crippen LogP contribution < -0.4 is 9.64 Å². The lowest BCUT2D eigenvalue weighted by Crippen LogP contribution is -2.18. The number of alkyl halides is 3. The molecule has 0 saturated heterocycles. The normalized spacial score (nSPS) is 11.2. The molecular formula is C18H13F3N4O. The molecule has 0 N–H and O–H groups in total. The van der Waals surface area contributed by atoms with Crippen molar-refractivity contribution in [3.05, 3.63) is 59.8 Å². The SMILES string of the molecule is CN(Cc1ccc(OC(F)(F)F)cc1)c1cnc2ccc(C#N)cc2n1. The third-order valence-electron chi connectivity index (χ3n) is 3.63. The maximum absolute atomic E-state index is 12.2. The van der Waals surface area contributed by atoms with Crippen molar-refractivity contribution in [1.29, 1.82) is 5.26 Å². The highest BCUT2D eigenvalue weighted by molar-refractivity contribution is 5.77. The van der Waals surface area contributed by atoms with Crippen LogP contribution in [0, 0.1) is 11.3 Å². The molecule has 3 rings (SSSR count). The van der Waals surface area contributed by atoms with E-state index in [1.54, 1.807) is 43.6 Å². The van der Waals surface area contributed by atoms with Crippen molar-refractivity contribution < 1.29 is 17.9 Å². The van der Waals surface area contributed by atoms with Crippen LogP contribution in [0.5, 0.6) is 5.75 Å². The van der Waals surface area contributed by atoms with Crippen molar-refractivity contribution in [2.45, 2.75) is 12.9 Å². The van der Waals surface area contributed by atoms with Gasteiger partial charge in [0.05, 0.1) is 28.9 Å². The number of halogens is 3. The molecule has 0 amide bonds. The lowest BCUT2D eigenvalue weighted by molar-refractivity contribution is -0.274. The number of nitriles is 1. The van der Waals surface area contributed by atoms with E-state index in [2.05, 4.69) is 20.8 Å². The molecule has 1 heterocycles. The Bertz CT molecular complexity index is 965. The molecule has 0 bridgehead atoms. The van der Waals surface area contributed by atoms with Crippen LogP contribution in [0.1, 0.15) is 11.1 Å². The molecule has 132 valence electrons. The first-order valence-corrected chi connectivity index (χ1v) is 7.57. The number of nitrogens with zero attached hydrogens (tertiary/aromatic N) is 4. The van der Waals surface area contributed by atoms with Crippen LogP contribution in [0.3, 0.4) is 0 Å². The smallest absolute Gasteiger partial charge is 0.406 e. The molecule has 26 heavy (non-hydrogen) atoms. The van der Waals surface area contributed by atoms with Crippen LogP contribution in [0.2, 0.25) is 0 Å². The Labute approximate surface area is 147 Å². The lowest BCUT2D eigenvalue weighted by Gasteiger charge is -2.18. The topological polar surface area (TPSA) is 62.0 Å². The van der Waals surface area contributed by atoms with Crippen LogP contribution in [0.15, 0.2) is 48.7 Å². The van der Waals surface area contributed by atoms with Gasteiger partial charge in [-0.1, -0.05) is 12.1 Å². The highest BCUT2D eigenvalue weighted by atomic mass is 19.4. The zero-order valence-electron chi connectivity index (χ0n) is 13.7. The first-order valence-electron chi connectivity index (χ1n) is 7.57. The molecule has 0 aliphatic heterocycles. The molecular weight excluding hydrogens is 345 g/mol. The first-order chi connectivity index (χ1) is 12.3. The summed E-state index contributed by atoms with van der Waals surface area (Å²) >= 11 is 0. The average molecular weight is 358 g/mol. The van der Waals surface area contributed by atoms with Crippen LogP contribution >= 0.6 is 0 Å². The average Bonchev–Trinajstić information content (AvgIpc) is 2.61. The number of fused-ring (bicyclic) bond motifs is 1. The minimum atomic E-state index is -4.71. The van der Waals surface area contributed by atoms with Gasteiger partial charge in [-0.2, -0.15) is 5.26 Å². The fourth-order valence-corrected chi connectivity index (χ4v) is 2.41. The molecule has 3 aromatic rings.